The van der Waals surface area contributed by atoms with Gasteiger partial charge in [-0.1, -0.05) is 18.2 Å². The van der Waals surface area contributed by atoms with Gasteiger partial charge in [0.05, 0.1) is 5.75 Å². The Bertz CT molecular complexity index is 836. The molecular formula is C18H25N3O3S. The third-order valence-electron chi connectivity index (χ3n) is 4.95. The van der Waals surface area contributed by atoms with E-state index in [4.69, 9.17) is 0 Å². The number of nitrogens with one attached hydrogen (secondary N) is 2. The first-order valence-electron chi connectivity index (χ1n) is 8.82. The van der Waals surface area contributed by atoms with E-state index >= 15 is 0 Å². The molecular weight excluding hydrogens is 338 g/mol. The lowest BCUT2D eigenvalue weighted by molar-refractivity contribution is -0.126. The highest BCUT2D eigenvalue weighted by Gasteiger charge is 2.29. The normalized spacial score (nSPS) is 17.0. The number of aromatic amines is 1. The van der Waals surface area contributed by atoms with Crippen molar-refractivity contribution in [1.82, 2.24) is 14.6 Å². The number of nitrogens with zero attached hydrogens (tertiary/aromatic N) is 1. The summed E-state index contributed by atoms with van der Waals surface area (Å²) in [6.45, 7) is 3.13. The Morgan fingerprint density at radius 3 is 2.72 bits per heavy atom. The Morgan fingerprint density at radius 1 is 1.28 bits per heavy atom. The number of H-pyrrole nitrogens is 1. The second-order valence-electron chi connectivity index (χ2n) is 6.47. The Morgan fingerprint density at radius 2 is 2.00 bits per heavy atom. The van der Waals surface area contributed by atoms with E-state index in [0.717, 1.165) is 11.9 Å². The molecule has 0 atom stereocenters. The molecule has 136 valence electrons. The van der Waals surface area contributed by atoms with Crippen molar-refractivity contribution in [2.75, 3.05) is 25.4 Å². The molecule has 2 heterocycles. The molecule has 1 aliphatic rings. The first-order chi connectivity index (χ1) is 12.0. The topological polar surface area (TPSA) is 82.3 Å². The van der Waals surface area contributed by atoms with Gasteiger partial charge in [0.25, 0.3) is 0 Å². The van der Waals surface area contributed by atoms with Crippen molar-refractivity contribution >= 4 is 26.8 Å². The van der Waals surface area contributed by atoms with Crippen molar-refractivity contribution in [3.05, 3.63) is 36.0 Å². The number of fused-ring (bicyclic) bond motifs is 1. The zero-order valence-electron chi connectivity index (χ0n) is 14.5. The maximum atomic E-state index is 12.3. The lowest BCUT2D eigenvalue weighted by Crippen LogP contribution is -2.43. The number of carbonyl (C=O) groups excluding carboxylic acids is 1. The molecule has 0 radical (unpaired) electrons. The second kappa shape index (κ2) is 7.58. The summed E-state index contributed by atoms with van der Waals surface area (Å²) in [5.74, 6) is 0.0637. The summed E-state index contributed by atoms with van der Waals surface area (Å²) >= 11 is 0. The average molecular weight is 363 g/mol. The SMILES string of the molecule is CCS(=O)(=O)N1CCC(C(=O)NCCc2c[nH]c3ccccc23)CC1. The molecule has 6 nitrogen and oxygen atoms in total. The quantitative estimate of drug-likeness (QED) is 0.822. The van der Waals surface area contributed by atoms with Crippen LogP contribution < -0.4 is 5.32 Å². The first kappa shape index (κ1) is 17.9. The van der Waals surface area contributed by atoms with Gasteiger partial charge in [0.1, 0.15) is 0 Å². The van der Waals surface area contributed by atoms with Crippen LogP contribution in [0.25, 0.3) is 10.9 Å². The summed E-state index contributed by atoms with van der Waals surface area (Å²) in [6.07, 6.45) is 3.96. The molecule has 1 amide bonds. The van der Waals surface area contributed by atoms with Gasteiger partial charge in [-0.2, -0.15) is 0 Å². The molecule has 0 saturated carbocycles. The van der Waals surface area contributed by atoms with Gasteiger partial charge in [-0.25, -0.2) is 12.7 Å². The number of sulfonamides is 1. The molecule has 2 aromatic rings. The van der Waals surface area contributed by atoms with Crippen LogP contribution in [-0.2, 0) is 21.2 Å². The molecule has 1 saturated heterocycles. The van der Waals surface area contributed by atoms with E-state index in [0.29, 0.717) is 32.5 Å². The molecule has 0 unspecified atom stereocenters. The molecule has 2 N–H and O–H groups in total. The van der Waals surface area contributed by atoms with E-state index in [1.165, 1.54) is 15.3 Å². The smallest absolute Gasteiger partial charge is 0.223 e. The molecule has 1 fully saturated rings. The number of benzene rings is 1. The van der Waals surface area contributed by atoms with Crippen LogP contribution in [0.4, 0.5) is 0 Å². The summed E-state index contributed by atoms with van der Waals surface area (Å²) in [5, 5.41) is 4.19. The first-order valence-corrected chi connectivity index (χ1v) is 10.4. The maximum Gasteiger partial charge on any atom is 0.223 e. The van der Waals surface area contributed by atoms with Crippen LogP contribution in [0.2, 0.25) is 0 Å². The molecule has 3 rings (SSSR count). The molecule has 25 heavy (non-hydrogen) atoms. The zero-order chi connectivity index (χ0) is 17.9. The number of hydrogen-bond acceptors (Lipinski definition) is 3. The summed E-state index contributed by atoms with van der Waals surface area (Å²) in [4.78, 5) is 15.6. The van der Waals surface area contributed by atoms with Crippen molar-refractivity contribution in [3.63, 3.8) is 0 Å². The van der Waals surface area contributed by atoms with Crippen LogP contribution in [0.1, 0.15) is 25.3 Å². The van der Waals surface area contributed by atoms with E-state index in [-0.39, 0.29) is 17.6 Å². The Balaban J connectivity index is 1.47. The van der Waals surface area contributed by atoms with Gasteiger partial charge < -0.3 is 10.3 Å². The number of piperidine rings is 1. The van der Waals surface area contributed by atoms with Crippen LogP contribution in [0, 0.1) is 5.92 Å². The number of aromatic nitrogens is 1. The van der Waals surface area contributed by atoms with E-state index in [1.54, 1.807) is 6.92 Å². The highest BCUT2D eigenvalue weighted by Crippen LogP contribution is 2.20. The molecule has 1 aliphatic heterocycles. The standard InChI is InChI=1S/C18H25N3O3S/c1-2-25(23,24)21-11-8-14(9-12-21)18(22)19-10-7-15-13-20-17-6-4-3-5-16(15)17/h3-6,13-14,20H,2,7-12H2,1H3,(H,19,22). The number of para-hydroxylation sites is 1. The summed E-state index contributed by atoms with van der Waals surface area (Å²) in [5.41, 5.74) is 2.30. The Hall–Kier alpha value is -1.86. The number of hydrogen-bond donors (Lipinski definition) is 2. The Kier molecular flexibility index (Phi) is 5.44. The second-order valence-corrected chi connectivity index (χ2v) is 8.73. The van der Waals surface area contributed by atoms with E-state index in [2.05, 4.69) is 16.4 Å². The number of carbonyl (C=O) groups is 1. The minimum Gasteiger partial charge on any atom is -0.361 e. The largest absolute Gasteiger partial charge is 0.361 e. The van der Waals surface area contributed by atoms with Gasteiger partial charge >= 0.3 is 0 Å². The maximum absolute atomic E-state index is 12.3. The predicted octanol–water partition coefficient (Wildman–Crippen LogP) is 1.89. The molecule has 0 aliphatic carbocycles. The van der Waals surface area contributed by atoms with Crippen molar-refractivity contribution < 1.29 is 13.2 Å². The van der Waals surface area contributed by atoms with Gasteiger partial charge in [0.2, 0.25) is 15.9 Å². The predicted molar refractivity (Wildman–Crippen MR) is 98.8 cm³/mol. The summed E-state index contributed by atoms with van der Waals surface area (Å²) in [7, 11) is -3.14. The van der Waals surface area contributed by atoms with Crippen LogP contribution >= 0.6 is 0 Å². The van der Waals surface area contributed by atoms with Crippen LogP contribution in [-0.4, -0.2) is 49.0 Å². The molecule has 1 aromatic carbocycles. The van der Waals surface area contributed by atoms with Gasteiger partial charge in [0, 0.05) is 42.7 Å². The third kappa shape index (κ3) is 4.04. The molecule has 0 spiro atoms. The highest BCUT2D eigenvalue weighted by molar-refractivity contribution is 7.89. The van der Waals surface area contributed by atoms with Crippen LogP contribution in [0.5, 0.6) is 0 Å². The van der Waals surface area contributed by atoms with Crippen molar-refractivity contribution in [2.45, 2.75) is 26.2 Å². The molecule has 0 bridgehead atoms. The fourth-order valence-corrected chi connectivity index (χ4v) is 4.51. The van der Waals surface area contributed by atoms with E-state index in [9.17, 15) is 13.2 Å². The Labute approximate surface area is 148 Å². The lowest BCUT2D eigenvalue weighted by Gasteiger charge is -2.30. The van der Waals surface area contributed by atoms with Gasteiger partial charge in [-0.05, 0) is 37.8 Å². The number of amides is 1. The zero-order valence-corrected chi connectivity index (χ0v) is 15.3. The third-order valence-corrected chi connectivity index (χ3v) is 6.83. The van der Waals surface area contributed by atoms with E-state index < -0.39 is 10.0 Å². The number of rotatable bonds is 6. The van der Waals surface area contributed by atoms with Crippen molar-refractivity contribution in [1.29, 1.82) is 0 Å². The van der Waals surface area contributed by atoms with Crippen LogP contribution in [0.3, 0.4) is 0 Å². The van der Waals surface area contributed by atoms with Crippen molar-refractivity contribution in [3.8, 4) is 0 Å². The minimum absolute atomic E-state index is 0.0355. The highest BCUT2D eigenvalue weighted by atomic mass is 32.2. The van der Waals surface area contributed by atoms with E-state index in [1.807, 2.05) is 24.4 Å². The van der Waals surface area contributed by atoms with Gasteiger partial charge in [-0.3, -0.25) is 4.79 Å². The molecule has 1 aromatic heterocycles. The summed E-state index contributed by atoms with van der Waals surface area (Å²) in [6, 6.07) is 8.12. The molecule has 7 heteroatoms. The van der Waals surface area contributed by atoms with Gasteiger partial charge in [0.15, 0.2) is 0 Å². The van der Waals surface area contributed by atoms with Crippen LogP contribution in [0.15, 0.2) is 30.5 Å². The van der Waals surface area contributed by atoms with Gasteiger partial charge in [-0.15, -0.1) is 0 Å². The summed E-state index contributed by atoms with van der Waals surface area (Å²) < 4.78 is 25.2. The van der Waals surface area contributed by atoms with Crippen molar-refractivity contribution in [2.24, 2.45) is 5.92 Å². The monoisotopic (exact) mass is 363 g/mol. The minimum atomic E-state index is -3.14. The average Bonchev–Trinajstić information content (AvgIpc) is 3.05. The fraction of sp³-hybridized carbons (Fsp3) is 0.500. The fourth-order valence-electron chi connectivity index (χ4n) is 3.38. The lowest BCUT2D eigenvalue weighted by atomic mass is 9.97.